The van der Waals surface area contributed by atoms with Gasteiger partial charge in [0.25, 0.3) is 0 Å². The van der Waals surface area contributed by atoms with E-state index in [0.29, 0.717) is 29.7 Å². The number of aliphatic hydroxyl groups excluding tert-OH is 1. The molecule has 4 nitrogen and oxygen atoms in total. The fourth-order valence-corrected chi connectivity index (χ4v) is 3.36. The predicted octanol–water partition coefficient (Wildman–Crippen LogP) is 2.61. The largest absolute Gasteiger partial charge is 0.490 e. The van der Waals surface area contributed by atoms with Gasteiger partial charge < -0.3 is 14.7 Å². The summed E-state index contributed by atoms with van der Waals surface area (Å²) in [6, 6.07) is 7.17. The summed E-state index contributed by atoms with van der Waals surface area (Å²) in [5, 5.41) is 10.2. The van der Waals surface area contributed by atoms with Gasteiger partial charge in [-0.15, -0.1) is 0 Å². The van der Waals surface area contributed by atoms with Gasteiger partial charge in [-0.3, -0.25) is 4.79 Å². The smallest absolute Gasteiger partial charge is 0.163 e. The molecule has 1 fully saturated rings. The molecule has 0 spiro atoms. The van der Waals surface area contributed by atoms with E-state index in [0.717, 1.165) is 13.1 Å². The number of piperidine rings is 1. The minimum atomic E-state index is -0.544. The highest BCUT2D eigenvalue weighted by molar-refractivity contribution is 5.96. The second-order valence-corrected chi connectivity index (χ2v) is 6.68. The van der Waals surface area contributed by atoms with Crippen molar-refractivity contribution < 1.29 is 14.6 Å². The molecule has 0 aromatic heterocycles. The molecule has 1 heterocycles. The maximum Gasteiger partial charge on any atom is 0.163 e. The number of aliphatic hydroxyl groups is 1. The molecule has 4 heteroatoms. The van der Waals surface area contributed by atoms with Crippen molar-refractivity contribution in [2.45, 2.75) is 33.3 Å². The third-order valence-corrected chi connectivity index (χ3v) is 4.11. The number of benzene rings is 1. The van der Waals surface area contributed by atoms with E-state index in [4.69, 9.17) is 4.74 Å². The number of Topliss-reactive ketones (excluding diaryl/α,β-unsaturated/α-hetero) is 1. The first-order chi connectivity index (χ1) is 10.5. The fraction of sp³-hybridized carbons (Fsp3) is 0.611. The second kappa shape index (κ2) is 7.75. The van der Waals surface area contributed by atoms with Crippen LogP contribution >= 0.6 is 0 Å². The van der Waals surface area contributed by atoms with Crippen molar-refractivity contribution in [3.05, 3.63) is 29.8 Å². The van der Waals surface area contributed by atoms with Crippen molar-refractivity contribution in [3.63, 3.8) is 0 Å². The summed E-state index contributed by atoms with van der Waals surface area (Å²) >= 11 is 0. The Morgan fingerprint density at radius 3 is 2.59 bits per heavy atom. The van der Waals surface area contributed by atoms with E-state index in [1.807, 2.05) is 12.1 Å². The third-order valence-electron chi connectivity index (χ3n) is 4.11. The number of likely N-dealkylation sites (tertiary alicyclic amines) is 1. The highest BCUT2D eigenvalue weighted by Gasteiger charge is 2.23. The Morgan fingerprint density at radius 1 is 1.32 bits per heavy atom. The molecule has 1 N–H and O–H groups in total. The van der Waals surface area contributed by atoms with Crippen LogP contribution in [0.4, 0.5) is 0 Å². The van der Waals surface area contributed by atoms with Gasteiger partial charge in [0, 0.05) is 19.6 Å². The summed E-state index contributed by atoms with van der Waals surface area (Å²) in [4.78, 5) is 13.9. The average molecular weight is 305 g/mol. The molecule has 0 saturated carbocycles. The minimum absolute atomic E-state index is 0.0243. The lowest BCUT2D eigenvalue weighted by atomic mass is 9.92. The SMILES string of the molecule is CC(=O)c1ccccc1OCC(O)CN1CC(C)CC(C)C1. The molecule has 3 atom stereocenters. The highest BCUT2D eigenvalue weighted by atomic mass is 16.5. The monoisotopic (exact) mass is 305 g/mol. The molecule has 0 radical (unpaired) electrons. The number of para-hydroxylation sites is 1. The molecule has 1 saturated heterocycles. The van der Waals surface area contributed by atoms with Crippen LogP contribution in [0.15, 0.2) is 24.3 Å². The zero-order valence-electron chi connectivity index (χ0n) is 13.8. The number of nitrogens with zero attached hydrogens (tertiary/aromatic N) is 1. The van der Waals surface area contributed by atoms with Gasteiger partial charge in [-0.1, -0.05) is 26.0 Å². The number of rotatable bonds is 6. The Kier molecular flexibility index (Phi) is 5.98. The van der Waals surface area contributed by atoms with Crippen molar-refractivity contribution in [1.82, 2.24) is 4.90 Å². The van der Waals surface area contributed by atoms with Gasteiger partial charge in [-0.2, -0.15) is 0 Å². The van der Waals surface area contributed by atoms with Crippen LogP contribution < -0.4 is 4.74 Å². The number of ether oxygens (including phenoxy) is 1. The maximum atomic E-state index is 11.5. The number of hydrogen-bond donors (Lipinski definition) is 1. The van der Waals surface area contributed by atoms with Gasteiger partial charge in [0.2, 0.25) is 0 Å². The van der Waals surface area contributed by atoms with E-state index < -0.39 is 6.10 Å². The first-order valence-electron chi connectivity index (χ1n) is 8.09. The van der Waals surface area contributed by atoms with Gasteiger partial charge >= 0.3 is 0 Å². The minimum Gasteiger partial charge on any atom is -0.490 e. The first kappa shape index (κ1) is 17.0. The zero-order valence-corrected chi connectivity index (χ0v) is 13.8. The number of hydrogen-bond acceptors (Lipinski definition) is 4. The van der Waals surface area contributed by atoms with E-state index in [2.05, 4.69) is 18.7 Å². The molecule has 0 bridgehead atoms. The molecule has 0 aliphatic carbocycles. The standard InChI is InChI=1S/C18H27NO3/c1-13-8-14(2)10-19(9-13)11-16(21)12-22-18-7-5-4-6-17(18)15(3)20/h4-7,13-14,16,21H,8-12H2,1-3H3. The maximum absolute atomic E-state index is 11.5. The summed E-state index contributed by atoms with van der Waals surface area (Å²) in [6.07, 6.45) is 0.715. The van der Waals surface area contributed by atoms with Crippen LogP contribution in [0.1, 0.15) is 37.6 Å². The van der Waals surface area contributed by atoms with E-state index in [1.54, 1.807) is 12.1 Å². The van der Waals surface area contributed by atoms with Gasteiger partial charge in [0.1, 0.15) is 18.5 Å². The summed E-state index contributed by atoms with van der Waals surface area (Å²) in [5.74, 6) is 1.88. The molecule has 1 aromatic carbocycles. The lowest BCUT2D eigenvalue weighted by Crippen LogP contribution is -2.44. The number of β-amino-alcohol motifs (C(OH)–C–C–N with tert-alkyl or cyclic N) is 1. The van der Waals surface area contributed by atoms with Gasteiger partial charge in [0.05, 0.1) is 5.56 Å². The van der Waals surface area contributed by atoms with Crippen LogP contribution in [-0.2, 0) is 0 Å². The molecular weight excluding hydrogens is 278 g/mol. The Morgan fingerprint density at radius 2 is 1.95 bits per heavy atom. The number of ketones is 1. The summed E-state index contributed by atoms with van der Waals surface area (Å²) in [5.41, 5.74) is 0.565. The molecule has 122 valence electrons. The lowest BCUT2D eigenvalue weighted by molar-refractivity contribution is 0.0426. The number of carbonyl (C=O) groups excluding carboxylic acids is 1. The first-order valence-corrected chi connectivity index (χ1v) is 8.09. The van der Waals surface area contributed by atoms with Gasteiger partial charge in [-0.05, 0) is 37.3 Å². The Labute approximate surface area is 133 Å². The Hall–Kier alpha value is -1.39. The Bertz CT molecular complexity index is 493. The van der Waals surface area contributed by atoms with Crippen LogP contribution in [0.2, 0.25) is 0 Å². The summed E-state index contributed by atoms with van der Waals surface area (Å²) in [6.45, 7) is 8.94. The molecule has 0 amide bonds. The van der Waals surface area contributed by atoms with Crippen LogP contribution in [-0.4, -0.2) is 48.1 Å². The van der Waals surface area contributed by atoms with Crippen LogP contribution in [0, 0.1) is 11.8 Å². The van der Waals surface area contributed by atoms with Crippen molar-refractivity contribution in [2.24, 2.45) is 11.8 Å². The molecular formula is C18H27NO3. The van der Waals surface area contributed by atoms with Crippen molar-refractivity contribution in [1.29, 1.82) is 0 Å². The quantitative estimate of drug-likeness (QED) is 0.821. The molecule has 1 aliphatic heterocycles. The predicted molar refractivity (Wildman–Crippen MR) is 87.3 cm³/mol. The van der Waals surface area contributed by atoms with E-state index in [-0.39, 0.29) is 12.4 Å². The van der Waals surface area contributed by atoms with Crippen molar-refractivity contribution in [3.8, 4) is 5.75 Å². The molecule has 2 rings (SSSR count). The van der Waals surface area contributed by atoms with E-state index >= 15 is 0 Å². The van der Waals surface area contributed by atoms with Crippen LogP contribution in [0.3, 0.4) is 0 Å². The topological polar surface area (TPSA) is 49.8 Å². The van der Waals surface area contributed by atoms with Crippen LogP contribution in [0.5, 0.6) is 5.75 Å². The molecule has 1 aliphatic rings. The van der Waals surface area contributed by atoms with E-state index in [1.165, 1.54) is 13.3 Å². The highest BCUT2D eigenvalue weighted by Crippen LogP contribution is 2.21. The molecule has 3 unspecified atom stereocenters. The average Bonchev–Trinajstić information content (AvgIpc) is 2.44. The van der Waals surface area contributed by atoms with Gasteiger partial charge in [0.15, 0.2) is 5.78 Å². The molecule has 22 heavy (non-hydrogen) atoms. The normalized spacial score (nSPS) is 24.0. The van der Waals surface area contributed by atoms with Crippen molar-refractivity contribution in [2.75, 3.05) is 26.2 Å². The van der Waals surface area contributed by atoms with E-state index in [9.17, 15) is 9.90 Å². The zero-order chi connectivity index (χ0) is 16.1. The summed E-state index contributed by atoms with van der Waals surface area (Å²) in [7, 11) is 0. The van der Waals surface area contributed by atoms with Gasteiger partial charge in [-0.25, -0.2) is 0 Å². The summed E-state index contributed by atoms with van der Waals surface area (Å²) < 4.78 is 5.66. The van der Waals surface area contributed by atoms with Crippen molar-refractivity contribution >= 4 is 5.78 Å². The lowest BCUT2D eigenvalue weighted by Gasteiger charge is -2.35. The second-order valence-electron chi connectivity index (χ2n) is 6.68. The number of carbonyl (C=O) groups is 1. The Balaban J connectivity index is 1.85. The third kappa shape index (κ3) is 4.82. The van der Waals surface area contributed by atoms with Crippen LogP contribution in [0.25, 0.3) is 0 Å². The fourth-order valence-electron chi connectivity index (χ4n) is 3.36. The molecule has 1 aromatic rings.